The Bertz CT molecular complexity index is 544. The predicted octanol–water partition coefficient (Wildman–Crippen LogP) is 2.19. The maximum atomic E-state index is 11.1. The summed E-state index contributed by atoms with van der Waals surface area (Å²) in [4.78, 5) is 11.1. The number of aromatic carboxylic acids is 1. The molecule has 2 rings (SSSR count). The fourth-order valence-corrected chi connectivity index (χ4v) is 1.57. The Balaban J connectivity index is 2.60. The Hall–Kier alpha value is -2.10. The number of hydrogen-bond donors (Lipinski definition) is 1. The average molecular weight is 216 g/mol. The summed E-state index contributed by atoms with van der Waals surface area (Å²) in [6.07, 6.45) is 3.50. The van der Waals surface area contributed by atoms with E-state index in [0.29, 0.717) is 5.69 Å². The summed E-state index contributed by atoms with van der Waals surface area (Å²) in [5.41, 5.74) is 2.77. The summed E-state index contributed by atoms with van der Waals surface area (Å²) in [5, 5.41) is 13.2. The first-order chi connectivity index (χ1) is 7.58. The molecular formula is C12H12N2O2. The molecular weight excluding hydrogens is 204 g/mol. The van der Waals surface area contributed by atoms with E-state index in [1.807, 2.05) is 19.9 Å². The second-order valence-electron chi connectivity index (χ2n) is 3.79. The number of nitrogens with zero attached hydrogens (tertiary/aromatic N) is 2. The van der Waals surface area contributed by atoms with E-state index in [1.54, 1.807) is 29.2 Å². The minimum absolute atomic E-state index is 0.267. The number of aryl methyl sites for hydroxylation is 2. The highest BCUT2D eigenvalue weighted by molar-refractivity contribution is 5.92. The van der Waals surface area contributed by atoms with Crippen molar-refractivity contribution in [3.8, 4) is 5.69 Å². The lowest BCUT2D eigenvalue weighted by Crippen LogP contribution is -2.06. The van der Waals surface area contributed by atoms with E-state index in [2.05, 4.69) is 5.10 Å². The summed E-state index contributed by atoms with van der Waals surface area (Å²) in [6, 6.07) is 5.29. The molecule has 4 heteroatoms. The van der Waals surface area contributed by atoms with Crippen LogP contribution in [-0.2, 0) is 0 Å². The molecule has 0 saturated carbocycles. The molecule has 0 unspecified atom stereocenters. The monoisotopic (exact) mass is 216 g/mol. The van der Waals surface area contributed by atoms with Gasteiger partial charge in [-0.3, -0.25) is 0 Å². The smallest absolute Gasteiger partial charge is 0.337 e. The van der Waals surface area contributed by atoms with Crippen LogP contribution < -0.4 is 0 Å². The normalized spacial score (nSPS) is 10.4. The van der Waals surface area contributed by atoms with Crippen LogP contribution in [0.25, 0.3) is 5.69 Å². The molecule has 0 bridgehead atoms. The molecule has 0 aliphatic rings. The molecule has 0 fully saturated rings. The van der Waals surface area contributed by atoms with Crippen molar-refractivity contribution in [1.29, 1.82) is 0 Å². The maximum Gasteiger partial charge on any atom is 0.337 e. The molecule has 82 valence electrons. The van der Waals surface area contributed by atoms with Gasteiger partial charge in [-0.2, -0.15) is 5.10 Å². The second-order valence-corrected chi connectivity index (χ2v) is 3.79. The van der Waals surface area contributed by atoms with Gasteiger partial charge in [-0.25, -0.2) is 9.48 Å². The van der Waals surface area contributed by atoms with Crippen molar-refractivity contribution in [2.45, 2.75) is 13.8 Å². The SMILES string of the molecule is Cc1ccc(-n2cc(C)cn2)c(C(=O)O)c1. The molecule has 1 N–H and O–H groups in total. The molecule has 0 atom stereocenters. The van der Waals surface area contributed by atoms with Crippen LogP contribution in [0.15, 0.2) is 30.6 Å². The summed E-state index contributed by atoms with van der Waals surface area (Å²) in [5.74, 6) is -0.938. The Morgan fingerprint density at radius 1 is 1.31 bits per heavy atom. The molecule has 1 heterocycles. The third-order valence-corrected chi connectivity index (χ3v) is 2.34. The van der Waals surface area contributed by atoms with E-state index in [-0.39, 0.29) is 5.56 Å². The Labute approximate surface area is 93.1 Å². The number of carboxylic acids is 1. The predicted molar refractivity (Wildman–Crippen MR) is 60.0 cm³/mol. The second kappa shape index (κ2) is 3.81. The van der Waals surface area contributed by atoms with Gasteiger partial charge >= 0.3 is 5.97 Å². The average Bonchev–Trinajstić information content (AvgIpc) is 2.64. The number of aromatic nitrogens is 2. The van der Waals surface area contributed by atoms with Gasteiger partial charge in [-0.15, -0.1) is 0 Å². The summed E-state index contributed by atoms with van der Waals surface area (Å²) >= 11 is 0. The molecule has 0 amide bonds. The van der Waals surface area contributed by atoms with Gasteiger partial charge in [0.15, 0.2) is 0 Å². The van der Waals surface area contributed by atoms with Gasteiger partial charge in [0.05, 0.1) is 17.4 Å². The largest absolute Gasteiger partial charge is 0.478 e. The number of carboxylic acid groups (broad SMARTS) is 1. The fraction of sp³-hybridized carbons (Fsp3) is 0.167. The lowest BCUT2D eigenvalue weighted by Gasteiger charge is -2.06. The van der Waals surface area contributed by atoms with E-state index in [1.165, 1.54) is 0 Å². The minimum Gasteiger partial charge on any atom is -0.478 e. The summed E-state index contributed by atoms with van der Waals surface area (Å²) < 4.78 is 1.58. The number of carbonyl (C=O) groups is 1. The van der Waals surface area contributed by atoms with Crippen molar-refractivity contribution in [2.24, 2.45) is 0 Å². The first kappa shape index (κ1) is 10.4. The van der Waals surface area contributed by atoms with E-state index in [4.69, 9.17) is 5.11 Å². The minimum atomic E-state index is -0.938. The van der Waals surface area contributed by atoms with Crippen LogP contribution in [0.5, 0.6) is 0 Å². The highest BCUT2D eigenvalue weighted by atomic mass is 16.4. The fourth-order valence-electron chi connectivity index (χ4n) is 1.57. The van der Waals surface area contributed by atoms with Crippen molar-refractivity contribution in [1.82, 2.24) is 9.78 Å². The van der Waals surface area contributed by atoms with Gasteiger partial charge in [0.1, 0.15) is 0 Å². The molecule has 4 nitrogen and oxygen atoms in total. The van der Waals surface area contributed by atoms with Crippen LogP contribution in [0.2, 0.25) is 0 Å². The van der Waals surface area contributed by atoms with Gasteiger partial charge in [0.2, 0.25) is 0 Å². The van der Waals surface area contributed by atoms with Crippen LogP contribution >= 0.6 is 0 Å². The van der Waals surface area contributed by atoms with Crippen molar-refractivity contribution in [3.63, 3.8) is 0 Å². The van der Waals surface area contributed by atoms with E-state index in [9.17, 15) is 4.79 Å². The molecule has 16 heavy (non-hydrogen) atoms. The van der Waals surface area contributed by atoms with E-state index >= 15 is 0 Å². The van der Waals surface area contributed by atoms with Crippen LogP contribution in [0.4, 0.5) is 0 Å². The summed E-state index contributed by atoms with van der Waals surface area (Å²) in [7, 11) is 0. The van der Waals surface area contributed by atoms with Crippen molar-refractivity contribution >= 4 is 5.97 Å². The molecule has 0 radical (unpaired) electrons. The standard InChI is InChI=1S/C12H12N2O2/c1-8-3-4-11(10(5-8)12(15)16)14-7-9(2)6-13-14/h3-7H,1-2H3,(H,15,16). The van der Waals surface area contributed by atoms with Crippen molar-refractivity contribution in [3.05, 3.63) is 47.3 Å². The molecule has 1 aromatic heterocycles. The van der Waals surface area contributed by atoms with Crippen LogP contribution in [0.3, 0.4) is 0 Å². The lowest BCUT2D eigenvalue weighted by molar-refractivity contribution is 0.0696. The van der Waals surface area contributed by atoms with Gasteiger partial charge in [0.25, 0.3) is 0 Å². The Kier molecular flexibility index (Phi) is 2.48. The Morgan fingerprint density at radius 2 is 2.06 bits per heavy atom. The molecule has 0 aliphatic carbocycles. The van der Waals surface area contributed by atoms with Crippen LogP contribution in [0.1, 0.15) is 21.5 Å². The highest BCUT2D eigenvalue weighted by Crippen LogP contribution is 2.16. The van der Waals surface area contributed by atoms with Crippen LogP contribution in [0, 0.1) is 13.8 Å². The zero-order valence-electron chi connectivity index (χ0n) is 9.14. The first-order valence-corrected chi connectivity index (χ1v) is 4.93. The lowest BCUT2D eigenvalue weighted by atomic mass is 10.1. The molecule has 0 saturated heterocycles. The van der Waals surface area contributed by atoms with Crippen LogP contribution in [-0.4, -0.2) is 20.9 Å². The molecule has 2 aromatic rings. The third-order valence-electron chi connectivity index (χ3n) is 2.34. The van der Waals surface area contributed by atoms with Gasteiger partial charge in [0, 0.05) is 6.20 Å². The molecule has 1 aromatic carbocycles. The highest BCUT2D eigenvalue weighted by Gasteiger charge is 2.12. The topological polar surface area (TPSA) is 55.1 Å². The number of benzene rings is 1. The van der Waals surface area contributed by atoms with Crippen molar-refractivity contribution < 1.29 is 9.90 Å². The van der Waals surface area contributed by atoms with Gasteiger partial charge < -0.3 is 5.11 Å². The maximum absolute atomic E-state index is 11.1. The quantitative estimate of drug-likeness (QED) is 0.837. The zero-order chi connectivity index (χ0) is 11.7. The van der Waals surface area contributed by atoms with Gasteiger partial charge in [-0.1, -0.05) is 11.6 Å². The zero-order valence-corrected chi connectivity index (χ0v) is 9.14. The van der Waals surface area contributed by atoms with E-state index in [0.717, 1.165) is 11.1 Å². The Morgan fingerprint density at radius 3 is 2.62 bits per heavy atom. The number of hydrogen-bond acceptors (Lipinski definition) is 2. The van der Waals surface area contributed by atoms with E-state index < -0.39 is 5.97 Å². The number of rotatable bonds is 2. The van der Waals surface area contributed by atoms with Gasteiger partial charge in [-0.05, 0) is 31.5 Å². The van der Waals surface area contributed by atoms with Crippen molar-refractivity contribution in [2.75, 3.05) is 0 Å². The third kappa shape index (κ3) is 1.82. The molecule has 0 aliphatic heterocycles. The summed E-state index contributed by atoms with van der Waals surface area (Å²) in [6.45, 7) is 3.78. The first-order valence-electron chi connectivity index (χ1n) is 4.93. The molecule has 0 spiro atoms.